The Bertz CT molecular complexity index is 684. The van der Waals surface area contributed by atoms with Crippen molar-refractivity contribution in [1.29, 1.82) is 0 Å². The molecular weight excluding hydrogens is 234 g/mol. The van der Waals surface area contributed by atoms with Gasteiger partial charge in [-0.15, -0.1) is 0 Å². The number of H-pyrrole nitrogens is 1. The fourth-order valence-electron chi connectivity index (χ4n) is 2.48. The molecule has 0 saturated heterocycles. The second-order valence-corrected chi connectivity index (χ2v) is 5.02. The Morgan fingerprint density at radius 2 is 2.05 bits per heavy atom. The molecule has 0 fully saturated rings. The van der Waals surface area contributed by atoms with Crippen LogP contribution in [-0.2, 0) is 6.54 Å². The summed E-state index contributed by atoms with van der Waals surface area (Å²) in [7, 11) is 4.18. The van der Waals surface area contributed by atoms with Crippen LogP contribution in [0.15, 0.2) is 48.9 Å². The zero-order valence-electron chi connectivity index (χ0n) is 11.2. The van der Waals surface area contributed by atoms with Crippen LogP contribution in [0.5, 0.6) is 0 Å². The molecule has 0 radical (unpaired) electrons. The highest BCUT2D eigenvalue weighted by molar-refractivity contribution is 5.97. The average molecular weight is 251 g/mol. The Morgan fingerprint density at radius 3 is 2.79 bits per heavy atom. The second kappa shape index (κ2) is 4.86. The van der Waals surface area contributed by atoms with Gasteiger partial charge in [-0.25, -0.2) is 0 Å². The smallest absolute Gasteiger partial charge is 0.0463 e. The van der Waals surface area contributed by atoms with E-state index in [9.17, 15) is 0 Å². The molecule has 1 aromatic carbocycles. The van der Waals surface area contributed by atoms with Crippen molar-refractivity contribution in [3.05, 3.63) is 54.5 Å². The zero-order chi connectivity index (χ0) is 13.2. The fourth-order valence-corrected chi connectivity index (χ4v) is 2.48. The number of fused-ring (bicyclic) bond motifs is 1. The molecule has 3 heteroatoms. The monoisotopic (exact) mass is 251 g/mol. The number of hydrogen-bond acceptors (Lipinski definition) is 2. The fraction of sp³-hybridized carbons (Fsp3) is 0.188. The summed E-state index contributed by atoms with van der Waals surface area (Å²) in [5, 5.41) is 1.30. The summed E-state index contributed by atoms with van der Waals surface area (Å²) in [6, 6.07) is 10.4. The number of rotatable bonds is 3. The van der Waals surface area contributed by atoms with E-state index in [1.807, 2.05) is 18.5 Å². The lowest BCUT2D eigenvalue weighted by Gasteiger charge is -2.10. The molecule has 0 saturated carbocycles. The second-order valence-electron chi connectivity index (χ2n) is 5.02. The topological polar surface area (TPSA) is 31.9 Å². The van der Waals surface area contributed by atoms with Crippen LogP contribution in [0, 0.1) is 0 Å². The summed E-state index contributed by atoms with van der Waals surface area (Å²) < 4.78 is 0. The Labute approximate surface area is 112 Å². The third kappa shape index (κ3) is 2.25. The van der Waals surface area contributed by atoms with Gasteiger partial charge in [0, 0.05) is 41.6 Å². The minimum atomic E-state index is 0.928. The maximum Gasteiger partial charge on any atom is 0.0463 e. The third-order valence-corrected chi connectivity index (χ3v) is 3.25. The van der Waals surface area contributed by atoms with Gasteiger partial charge in [0.05, 0.1) is 0 Å². The number of benzene rings is 1. The molecule has 0 aliphatic carbocycles. The van der Waals surface area contributed by atoms with E-state index >= 15 is 0 Å². The van der Waals surface area contributed by atoms with Gasteiger partial charge >= 0.3 is 0 Å². The van der Waals surface area contributed by atoms with Crippen LogP contribution in [0.4, 0.5) is 0 Å². The molecule has 3 aromatic rings. The molecule has 2 heterocycles. The van der Waals surface area contributed by atoms with Crippen molar-refractivity contribution in [3.63, 3.8) is 0 Å². The Morgan fingerprint density at radius 1 is 1.16 bits per heavy atom. The number of pyridine rings is 1. The van der Waals surface area contributed by atoms with Gasteiger partial charge in [0.15, 0.2) is 0 Å². The molecule has 2 aromatic heterocycles. The maximum atomic E-state index is 4.22. The van der Waals surface area contributed by atoms with E-state index < -0.39 is 0 Å². The summed E-state index contributed by atoms with van der Waals surface area (Å²) in [6.45, 7) is 0.928. The van der Waals surface area contributed by atoms with E-state index in [-0.39, 0.29) is 0 Å². The highest BCUT2D eigenvalue weighted by Gasteiger charge is 2.10. The van der Waals surface area contributed by atoms with Crippen LogP contribution >= 0.6 is 0 Å². The lowest BCUT2D eigenvalue weighted by Crippen LogP contribution is -2.10. The quantitative estimate of drug-likeness (QED) is 0.774. The summed E-state index contributed by atoms with van der Waals surface area (Å²) in [4.78, 5) is 9.76. The maximum absolute atomic E-state index is 4.22. The molecule has 96 valence electrons. The molecule has 19 heavy (non-hydrogen) atoms. The van der Waals surface area contributed by atoms with Gasteiger partial charge in [0.25, 0.3) is 0 Å². The van der Waals surface area contributed by atoms with Crippen molar-refractivity contribution >= 4 is 10.9 Å². The summed E-state index contributed by atoms with van der Waals surface area (Å²) in [6.07, 6.45) is 5.83. The van der Waals surface area contributed by atoms with Gasteiger partial charge in [-0.2, -0.15) is 0 Å². The lowest BCUT2D eigenvalue weighted by atomic mass is 10.0. The molecule has 0 amide bonds. The molecule has 0 aliphatic heterocycles. The average Bonchev–Trinajstić information content (AvgIpc) is 2.82. The van der Waals surface area contributed by atoms with Crippen LogP contribution < -0.4 is 0 Å². The van der Waals surface area contributed by atoms with Crippen molar-refractivity contribution < 1.29 is 0 Å². The predicted octanol–water partition coefficient (Wildman–Crippen LogP) is 3.29. The van der Waals surface area contributed by atoms with E-state index in [4.69, 9.17) is 0 Å². The Hall–Kier alpha value is -2.13. The van der Waals surface area contributed by atoms with Crippen molar-refractivity contribution in [2.24, 2.45) is 0 Å². The standard InChI is InChI=1S/C16H17N3/c1-19(2)11-13-10-18-15-7-3-6-14(16(13)15)12-5-4-8-17-9-12/h3-10,18H,11H2,1-2H3. The van der Waals surface area contributed by atoms with Gasteiger partial charge in [-0.3, -0.25) is 4.98 Å². The Kier molecular flexibility index (Phi) is 3.05. The van der Waals surface area contributed by atoms with Gasteiger partial charge < -0.3 is 9.88 Å². The Balaban J connectivity index is 2.21. The van der Waals surface area contributed by atoms with Crippen LogP contribution in [0.25, 0.3) is 22.0 Å². The number of nitrogens with zero attached hydrogens (tertiary/aromatic N) is 2. The molecular formula is C16H17N3. The molecule has 3 rings (SSSR count). The molecule has 0 aliphatic rings. The van der Waals surface area contributed by atoms with Gasteiger partial charge in [-0.05, 0) is 37.4 Å². The van der Waals surface area contributed by atoms with Crippen molar-refractivity contribution in [2.75, 3.05) is 14.1 Å². The van der Waals surface area contributed by atoms with E-state index in [2.05, 4.69) is 59.4 Å². The van der Waals surface area contributed by atoms with Crippen molar-refractivity contribution in [3.8, 4) is 11.1 Å². The molecule has 0 bridgehead atoms. The number of nitrogens with one attached hydrogen (secondary N) is 1. The number of aromatic amines is 1. The molecule has 1 N–H and O–H groups in total. The van der Waals surface area contributed by atoms with Crippen molar-refractivity contribution in [2.45, 2.75) is 6.54 Å². The van der Waals surface area contributed by atoms with Gasteiger partial charge in [-0.1, -0.05) is 18.2 Å². The first-order chi connectivity index (χ1) is 9.25. The normalized spacial score (nSPS) is 11.3. The van der Waals surface area contributed by atoms with Crippen molar-refractivity contribution in [1.82, 2.24) is 14.9 Å². The summed E-state index contributed by atoms with van der Waals surface area (Å²) in [5.74, 6) is 0. The predicted molar refractivity (Wildman–Crippen MR) is 78.9 cm³/mol. The lowest BCUT2D eigenvalue weighted by molar-refractivity contribution is 0.404. The SMILES string of the molecule is CN(C)Cc1c[nH]c2cccc(-c3cccnc3)c12. The van der Waals surface area contributed by atoms with E-state index in [0.717, 1.165) is 12.1 Å². The van der Waals surface area contributed by atoms with Gasteiger partial charge in [0.2, 0.25) is 0 Å². The zero-order valence-corrected chi connectivity index (χ0v) is 11.2. The van der Waals surface area contributed by atoms with Gasteiger partial charge in [0.1, 0.15) is 0 Å². The first-order valence-corrected chi connectivity index (χ1v) is 6.40. The van der Waals surface area contributed by atoms with Crippen LogP contribution in [0.2, 0.25) is 0 Å². The first kappa shape index (κ1) is 11.9. The summed E-state index contributed by atoms with van der Waals surface area (Å²) in [5.41, 5.74) is 4.90. The molecule has 0 spiro atoms. The largest absolute Gasteiger partial charge is 0.361 e. The van der Waals surface area contributed by atoms with Crippen LogP contribution in [0.1, 0.15) is 5.56 Å². The highest BCUT2D eigenvalue weighted by Crippen LogP contribution is 2.30. The van der Waals surface area contributed by atoms with E-state index in [0.29, 0.717) is 0 Å². The number of aromatic nitrogens is 2. The molecule has 0 unspecified atom stereocenters. The van der Waals surface area contributed by atoms with E-state index in [1.165, 1.54) is 22.0 Å². The third-order valence-electron chi connectivity index (χ3n) is 3.25. The van der Waals surface area contributed by atoms with Crippen LogP contribution in [-0.4, -0.2) is 29.0 Å². The van der Waals surface area contributed by atoms with Crippen LogP contribution in [0.3, 0.4) is 0 Å². The minimum Gasteiger partial charge on any atom is -0.361 e. The first-order valence-electron chi connectivity index (χ1n) is 6.40. The van der Waals surface area contributed by atoms with E-state index in [1.54, 1.807) is 0 Å². The number of hydrogen-bond donors (Lipinski definition) is 1. The molecule has 3 nitrogen and oxygen atoms in total. The molecule has 0 atom stereocenters. The minimum absolute atomic E-state index is 0.928. The highest BCUT2D eigenvalue weighted by atomic mass is 15.0. The summed E-state index contributed by atoms with van der Waals surface area (Å²) >= 11 is 0.